The fourth-order valence-corrected chi connectivity index (χ4v) is 4.22. The van der Waals surface area contributed by atoms with Gasteiger partial charge < -0.3 is 10.1 Å². The van der Waals surface area contributed by atoms with Crippen molar-refractivity contribution in [1.82, 2.24) is 5.32 Å². The summed E-state index contributed by atoms with van der Waals surface area (Å²) in [6.45, 7) is 14.8. The zero-order valence-corrected chi connectivity index (χ0v) is 20.6. The van der Waals surface area contributed by atoms with Crippen molar-refractivity contribution in [2.45, 2.75) is 91.1 Å². The van der Waals surface area contributed by atoms with Gasteiger partial charge in [0.1, 0.15) is 17.2 Å². The summed E-state index contributed by atoms with van der Waals surface area (Å²) >= 11 is 0. The largest absolute Gasteiger partial charge is 0.483 e. The Morgan fingerprint density at radius 2 is 1.84 bits per heavy atom. The van der Waals surface area contributed by atoms with Crippen molar-refractivity contribution in [3.05, 3.63) is 65.2 Å². The Morgan fingerprint density at radius 1 is 1.19 bits per heavy atom. The third-order valence-electron chi connectivity index (χ3n) is 6.27. The molecular weight excluding hydrogens is 380 g/mol. The van der Waals surface area contributed by atoms with Crippen molar-refractivity contribution in [3.8, 4) is 0 Å². The van der Waals surface area contributed by atoms with E-state index in [-0.39, 0.29) is 0 Å². The molecule has 0 aliphatic heterocycles. The molecule has 0 spiro atoms. The number of benzene rings is 1. The first-order chi connectivity index (χ1) is 14.8. The number of hydrogen-bond donors (Lipinski definition) is 1. The first-order valence-electron chi connectivity index (χ1n) is 11.9. The fourth-order valence-electron chi connectivity index (χ4n) is 4.22. The van der Waals surface area contributed by atoms with Crippen LogP contribution in [0.15, 0.2) is 59.1 Å². The molecule has 1 fully saturated rings. The molecule has 0 radical (unpaired) electrons. The Morgan fingerprint density at radius 3 is 2.39 bits per heavy atom. The van der Waals surface area contributed by atoms with Crippen LogP contribution in [0, 0.1) is 0 Å². The standard InChI is InChI=1S/C28H42N2O/c1-8-10-16-26(21(3)27(29-7)30-9-2)31-28(5,6)22(4)23-17-19-25(20-18-23)24-14-12-11-13-15-24/h9,16-20,24,29H,4,8,10-15H2,1-3,5-7H3/b26-16-,27-21-,30-9?. The first kappa shape index (κ1) is 25.0. The molecule has 1 aromatic rings. The summed E-state index contributed by atoms with van der Waals surface area (Å²) in [5.74, 6) is 2.40. The van der Waals surface area contributed by atoms with E-state index in [4.69, 9.17) is 4.74 Å². The highest BCUT2D eigenvalue weighted by atomic mass is 16.5. The fraction of sp³-hybridized carbons (Fsp3) is 0.536. The van der Waals surface area contributed by atoms with E-state index in [9.17, 15) is 0 Å². The Hall–Kier alpha value is -2.29. The van der Waals surface area contributed by atoms with E-state index in [0.717, 1.165) is 47.0 Å². The molecule has 0 heterocycles. The van der Waals surface area contributed by atoms with Crippen LogP contribution in [0.4, 0.5) is 0 Å². The Balaban J connectivity index is 2.23. The molecule has 3 heteroatoms. The number of nitrogens with one attached hydrogen (secondary N) is 1. The van der Waals surface area contributed by atoms with Crippen LogP contribution in [0.2, 0.25) is 0 Å². The van der Waals surface area contributed by atoms with Gasteiger partial charge in [0.05, 0.1) is 0 Å². The monoisotopic (exact) mass is 422 g/mol. The third-order valence-corrected chi connectivity index (χ3v) is 6.27. The zero-order valence-electron chi connectivity index (χ0n) is 20.6. The predicted octanol–water partition coefficient (Wildman–Crippen LogP) is 7.77. The summed E-state index contributed by atoms with van der Waals surface area (Å²) in [4.78, 5) is 4.46. The molecule has 0 saturated heterocycles. The number of hydrogen-bond acceptors (Lipinski definition) is 3. The van der Waals surface area contributed by atoms with Gasteiger partial charge in [0, 0.05) is 18.8 Å². The third kappa shape index (κ3) is 6.85. The lowest BCUT2D eigenvalue weighted by Crippen LogP contribution is -2.26. The van der Waals surface area contributed by atoms with E-state index in [0.29, 0.717) is 0 Å². The minimum Gasteiger partial charge on any atom is -0.483 e. The van der Waals surface area contributed by atoms with Gasteiger partial charge in [0.25, 0.3) is 0 Å². The van der Waals surface area contributed by atoms with Gasteiger partial charge >= 0.3 is 0 Å². The Kier molecular flexibility index (Phi) is 9.61. The lowest BCUT2D eigenvalue weighted by atomic mass is 9.83. The van der Waals surface area contributed by atoms with E-state index in [1.165, 1.54) is 37.7 Å². The average molecular weight is 423 g/mol. The number of rotatable bonds is 10. The molecule has 0 unspecified atom stereocenters. The van der Waals surface area contributed by atoms with Crippen molar-refractivity contribution in [1.29, 1.82) is 0 Å². The van der Waals surface area contributed by atoms with Crippen LogP contribution in [-0.2, 0) is 4.74 Å². The molecule has 3 nitrogen and oxygen atoms in total. The van der Waals surface area contributed by atoms with Crippen molar-refractivity contribution in [3.63, 3.8) is 0 Å². The van der Waals surface area contributed by atoms with Gasteiger partial charge in [-0.2, -0.15) is 0 Å². The number of unbranched alkanes of at least 4 members (excludes halogenated alkanes) is 1. The first-order valence-corrected chi connectivity index (χ1v) is 11.9. The molecular formula is C28H42N2O. The SMILES string of the molecule is C=C(c1ccc(C2CCCCC2)cc1)C(C)(C)OC(=C\CCC)/C(C)=C(\N=CC)NC. The van der Waals surface area contributed by atoms with Crippen LogP contribution in [0.5, 0.6) is 0 Å². The predicted molar refractivity (Wildman–Crippen MR) is 135 cm³/mol. The number of aliphatic imine (C=N–C) groups is 1. The molecule has 170 valence electrons. The maximum atomic E-state index is 6.58. The molecule has 0 atom stereocenters. The van der Waals surface area contributed by atoms with Crippen molar-refractivity contribution in [2.24, 2.45) is 4.99 Å². The molecule has 31 heavy (non-hydrogen) atoms. The van der Waals surface area contributed by atoms with Crippen molar-refractivity contribution >= 4 is 11.8 Å². The quantitative estimate of drug-likeness (QED) is 0.237. The van der Waals surface area contributed by atoms with Crippen LogP contribution in [0.25, 0.3) is 5.57 Å². The van der Waals surface area contributed by atoms with E-state index in [2.05, 4.69) is 74.9 Å². The van der Waals surface area contributed by atoms with Crippen LogP contribution < -0.4 is 5.32 Å². The summed E-state index contributed by atoms with van der Waals surface area (Å²) in [5, 5.41) is 3.18. The van der Waals surface area contributed by atoms with Crippen LogP contribution >= 0.6 is 0 Å². The highest BCUT2D eigenvalue weighted by molar-refractivity contribution is 5.70. The van der Waals surface area contributed by atoms with E-state index in [1.807, 2.05) is 14.0 Å². The molecule has 1 aliphatic rings. The summed E-state index contributed by atoms with van der Waals surface area (Å²) in [7, 11) is 1.89. The van der Waals surface area contributed by atoms with E-state index >= 15 is 0 Å². The second-order valence-corrected chi connectivity index (χ2v) is 9.02. The van der Waals surface area contributed by atoms with E-state index < -0.39 is 5.60 Å². The summed E-state index contributed by atoms with van der Waals surface area (Å²) < 4.78 is 6.58. The van der Waals surface area contributed by atoms with Crippen LogP contribution in [0.1, 0.15) is 96.6 Å². The number of ether oxygens (including phenoxy) is 1. The Bertz CT molecular complexity index is 806. The highest BCUT2D eigenvalue weighted by Crippen LogP contribution is 2.36. The van der Waals surface area contributed by atoms with E-state index in [1.54, 1.807) is 6.21 Å². The number of nitrogens with zero attached hydrogens (tertiary/aromatic N) is 1. The van der Waals surface area contributed by atoms with Gasteiger partial charge in [-0.05, 0) is 75.7 Å². The highest BCUT2D eigenvalue weighted by Gasteiger charge is 2.27. The van der Waals surface area contributed by atoms with Gasteiger partial charge in [-0.15, -0.1) is 0 Å². The molecule has 1 aromatic carbocycles. The lowest BCUT2D eigenvalue weighted by molar-refractivity contribution is 0.0922. The normalized spacial score (nSPS) is 16.9. The second kappa shape index (κ2) is 11.9. The summed E-state index contributed by atoms with van der Waals surface area (Å²) in [6, 6.07) is 9.02. The maximum absolute atomic E-state index is 6.58. The minimum absolute atomic E-state index is 0.540. The molecule has 0 bridgehead atoms. The Labute approximate surface area is 190 Å². The maximum Gasteiger partial charge on any atom is 0.131 e. The number of allylic oxidation sites excluding steroid dienone is 2. The molecule has 1 N–H and O–H groups in total. The zero-order chi connectivity index (χ0) is 22.9. The smallest absolute Gasteiger partial charge is 0.131 e. The van der Waals surface area contributed by atoms with Crippen molar-refractivity contribution in [2.75, 3.05) is 7.05 Å². The second-order valence-electron chi connectivity index (χ2n) is 9.02. The van der Waals surface area contributed by atoms with Crippen LogP contribution in [0.3, 0.4) is 0 Å². The average Bonchev–Trinajstić information content (AvgIpc) is 2.79. The van der Waals surface area contributed by atoms with Gasteiger partial charge in [-0.25, -0.2) is 4.99 Å². The molecule has 0 amide bonds. The molecule has 1 aliphatic carbocycles. The van der Waals surface area contributed by atoms with Gasteiger partial charge in [-0.1, -0.05) is 63.5 Å². The van der Waals surface area contributed by atoms with Gasteiger partial charge in [-0.3, -0.25) is 0 Å². The topological polar surface area (TPSA) is 33.6 Å². The van der Waals surface area contributed by atoms with Gasteiger partial charge in [0.2, 0.25) is 0 Å². The summed E-state index contributed by atoms with van der Waals surface area (Å²) in [5.41, 5.74) is 4.06. The molecule has 1 saturated carbocycles. The van der Waals surface area contributed by atoms with Gasteiger partial charge in [0.15, 0.2) is 0 Å². The lowest BCUT2D eigenvalue weighted by Gasteiger charge is -2.31. The van der Waals surface area contributed by atoms with Crippen molar-refractivity contribution < 1.29 is 4.74 Å². The summed E-state index contributed by atoms with van der Waals surface area (Å²) in [6.07, 6.45) is 12.7. The minimum atomic E-state index is -0.540. The van der Waals surface area contributed by atoms with Crippen LogP contribution in [-0.4, -0.2) is 18.9 Å². The molecule has 2 rings (SSSR count). The molecule has 0 aromatic heterocycles.